The Morgan fingerprint density at radius 3 is 2.72 bits per heavy atom. The number of benzene rings is 2. The molecule has 10 heteroatoms. The summed E-state index contributed by atoms with van der Waals surface area (Å²) in [7, 11) is 1.62. The van der Waals surface area contributed by atoms with E-state index < -0.39 is 0 Å². The van der Waals surface area contributed by atoms with Crippen LogP contribution in [0.4, 0.5) is 0 Å². The van der Waals surface area contributed by atoms with E-state index in [1.165, 1.54) is 0 Å². The molecule has 0 saturated heterocycles. The lowest BCUT2D eigenvalue weighted by molar-refractivity contribution is 0.0963. The molecule has 0 fully saturated rings. The van der Waals surface area contributed by atoms with Crippen molar-refractivity contribution in [3.05, 3.63) is 70.6 Å². The summed E-state index contributed by atoms with van der Waals surface area (Å²) in [5.41, 5.74) is 2.50. The highest BCUT2D eigenvalue weighted by Gasteiger charge is 2.09. The van der Waals surface area contributed by atoms with Crippen molar-refractivity contribution in [1.82, 2.24) is 26.1 Å². The summed E-state index contributed by atoms with van der Waals surface area (Å²) in [6.45, 7) is 3.61. The Bertz CT molecular complexity index is 1060. The zero-order chi connectivity index (χ0) is 22.1. The van der Waals surface area contributed by atoms with Crippen LogP contribution in [0.1, 0.15) is 28.7 Å². The molecule has 0 radical (unpaired) electrons. The van der Waals surface area contributed by atoms with Crippen LogP contribution in [-0.2, 0) is 13.0 Å². The van der Waals surface area contributed by atoms with Gasteiger partial charge in [-0.3, -0.25) is 4.79 Å². The van der Waals surface area contributed by atoms with E-state index in [0.717, 1.165) is 24.1 Å². The van der Waals surface area contributed by atoms with Crippen LogP contribution < -0.4 is 16.0 Å². The molecule has 3 aromatic rings. The minimum atomic E-state index is -0.0959. The van der Waals surface area contributed by atoms with E-state index in [-0.39, 0.29) is 36.4 Å². The molecule has 32 heavy (non-hydrogen) atoms. The summed E-state index contributed by atoms with van der Waals surface area (Å²) in [5.74, 6) is 1.43. The summed E-state index contributed by atoms with van der Waals surface area (Å²) in [6.07, 6.45) is 0.745. The molecule has 0 aliphatic rings. The molecule has 0 bridgehead atoms. The topological polar surface area (TPSA) is 104 Å². The summed E-state index contributed by atoms with van der Waals surface area (Å²) in [6, 6.07) is 14.8. The van der Waals surface area contributed by atoms with E-state index >= 15 is 0 Å². The normalized spacial score (nSPS) is 10.9. The molecule has 3 rings (SSSR count). The van der Waals surface area contributed by atoms with Crippen molar-refractivity contribution in [2.45, 2.75) is 19.9 Å². The smallest absolute Gasteiger partial charge is 0.251 e. The fraction of sp³-hybridized carbons (Fsp3) is 0.273. The largest absolute Gasteiger partial charge is 0.357 e. The molecule has 170 valence electrons. The van der Waals surface area contributed by atoms with E-state index in [0.29, 0.717) is 34.8 Å². The van der Waals surface area contributed by atoms with Gasteiger partial charge >= 0.3 is 0 Å². The number of aromatic nitrogens is 2. The quantitative estimate of drug-likeness (QED) is 0.218. The van der Waals surface area contributed by atoms with Gasteiger partial charge in [-0.15, -0.1) is 24.0 Å². The highest BCUT2D eigenvalue weighted by atomic mass is 127. The number of guanidine groups is 1. The van der Waals surface area contributed by atoms with E-state index in [9.17, 15) is 4.79 Å². The van der Waals surface area contributed by atoms with Gasteiger partial charge in [0, 0.05) is 36.3 Å². The fourth-order valence-corrected chi connectivity index (χ4v) is 3.08. The number of nitrogens with zero attached hydrogens (tertiary/aromatic N) is 3. The maximum Gasteiger partial charge on any atom is 0.251 e. The highest BCUT2D eigenvalue weighted by molar-refractivity contribution is 14.0. The van der Waals surface area contributed by atoms with Crippen molar-refractivity contribution < 1.29 is 9.32 Å². The third-order valence-electron chi connectivity index (χ3n) is 4.39. The standard InChI is InChI=1S/C22H25ClN6O2.HI/c1-3-25-22(26-11-10-15-6-4-8-17(12-15)21(30)24-2)27-14-19-28-20(29-31-19)16-7-5-9-18(23)13-16;/h4-9,12-13H,3,10-11,14H2,1-2H3,(H,24,30)(H2,25,26,27);1H. The van der Waals surface area contributed by atoms with Gasteiger partial charge in [-0.2, -0.15) is 4.98 Å². The predicted octanol–water partition coefficient (Wildman–Crippen LogP) is 3.67. The number of hydrogen-bond donors (Lipinski definition) is 3. The first-order valence-electron chi connectivity index (χ1n) is 10.0. The number of nitrogens with one attached hydrogen (secondary N) is 3. The number of aliphatic imine (C=N–C) groups is 1. The van der Waals surface area contributed by atoms with Crippen LogP contribution in [0.2, 0.25) is 5.02 Å². The lowest BCUT2D eigenvalue weighted by Crippen LogP contribution is -2.38. The Hall–Kier alpha value is -2.66. The van der Waals surface area contributed by atoms with Crippen LogP contribution in [0.5, 0.6) is 0 Å². The van der Waals surface area contributed by atoms with Crippen molar-refractivity contribution in [2.75, 3.05) is 20.1 Å². The van der Waals surface area contributed by atoms with E-state index in [4.69, 9.17) is 16.1 Å². The van der Waals surface area contributed by atoms with Gasteiger partial charge in [-0.05, 0) is 43.2 Å². The Morgan fingerprint density at radius 1 is 1.16 bits per heavy atom. The van der Waals surface area contributed by atoms with Gasteiger partial charge in [0.25, 0.3) is 5.91 Å². The molecule has 3 N–H and O–H groups in total. The molecule has 0 unspecified atom stereocenters. The molecule has 0 spiro atoms. The molecule has 1 heterocycles. The second-order valence-corrected chi connectivity index (χ2v) is 7.11. The molecule has 1 amide bonds. The summed E-state index contributed by atoms with van der Waals surface area (Å²) < 4.78 is 5.30. The zero-order valence-corrected chi connectivity index (χ0v) is 21.0. The van der Waals surface area contributed by atoms with Crippen molar-refractivity contribution in [2.24, 2.45) is 4.99 Å². The molecule has 1 aromatic heterocycles. The number of hydrogen-bond acceptors (Lipinski definition) is 5. The predicted molar refractivity (Wildman–Crippen MR) is 137 cm³/mol. The first-order chi connectivity index (χ1) is 15.1. The molecule has 8 nitrogen and oxygen atoms in total. The van der Waals surface area contributed by atoms with Gasteiger partial charge < -0.3 is 20.5 Å². The molecular weight excluding hydrogens is 543 g/mol. The van der Waals surface area contributed by atoms with Crippen LogP contribution in [-0.4, -0.2) is 42.1 Å². The number of amides is 1. The number of carbonyl (C=O) groups is 1. The summed E-state index contributed by atoms with van der Waals surface area (Å²) in [4.78, 5) is 20.7. The van der Waals surface area contributed by atoms with Gasteiger partial charge in [-0.1, -0.05) is 41.0 Å². The number of halogens is 2. The maximum absolute atomic E-state index is 11.8. The second-order valence-electron chi connectivity index (χ2n) is 6.67. The first-order valence-corrected chi connectivity index (χ1v) is 10.4. The average Bonchev–Trinajstić information content (AvgIpc) is 3.26. The van der Waals surface area contributed by atoms with Crippen LogP contribution in [0.25, 0.3) is 11.4 Å². The molecule has 2 aromatic carbocycles. The minimum Gasteiger partial charge on any atom is -0.357 e. The molecular formula is C22H26ClIN6O2. The van der Waals surface area contributed by atoms with Gasteiger partial charge in [0.05, 0.1) is 0 Å². The monoisotopic (exact) mass is 568 g/mol. The third kappa shape index (κ3) is 7.49. The lowest BCUT2D eigenvalue weighted by atomic mass is 10.1. The zero-order valence-electron chi connectivity index (χ0n) is 17.9. The second kappa shape index (κ2) is 13.0. The Balaban J connectivity index is 0.00000363. The molecule has 0 aliphatic carbocycles. The van der Waals surface area contributed by atoms with Crippen LogP contribution in [0.3, 0.4) is 0 Å². The maximum atomic E-state index is 11.8. The van der Waals surface area contributed by atoms with Gasteiger partial charge in [0.1, 0.15) is 6.54 Å². The number of carbonyl (C=O) groups excluding carboxylic acids is 1. The van der Waals surface area contributed by atoms with Crippen LogP contribution >= 0.6 is 35.6 Å². The highest BCUT2D eigenvalue weighted by Crippen LogP contribution is 2.20. The molecule has 0 saturated carbocycles. The van der Waals surface area contributed by atoms with E-state index in [2.05, 4.69) is 31.1 Å². The Kier molecular flexibility index (Phi) is 10.4. The van der Waals surface area contributed by atoms with Crippen molar-refractivity contribution in [1.29, 1.82) is 0 Å². The lowest BCUT2D eigenvalue weighted by Gasteiger charge is -2.11. The molecule has 0 aliphatic heterocycles. The van der Waals surface area contributed by atoms with Crippen molar-refractivity contribution in [3.8, 4) is 11.4 Å². The Morgan fingerprint density at radius 2 is 1.97 bits per heavy atom. The van der Waals surface area contributed by atoms with Crippen LogP contribution in [0, 0.1) is 0 Å². The third-order valence-corrected chi connectivity index (χ3v) is 4.63. The summed E-state index contributed by atoms with van der Waals surface area (Å²) >= 11 is 6.02. The SMILES string of the molecule is CCNC(=NCc1nc(-c2cccc(Cl)c2)no1)NCCc1cccc(C(=O)NC)c1.I. The fourth-order valence-electron chi connectivity index (χ4n) is 2.89. The van der Waals surface area contributed by atoms with Gasteiger partial charge in [-0.25, -0.2) is 4.99 Å². The first kappa shape index (κ1) is 25.6. The summed E-state index contributed by atoms with van der Waals surface area (Å²) in [5, 5.41) is 13.7. The van der Waals surface area contributed by atoms with Gasteiger partial charge in [0.2, 0.25) is 11.7 Å². The number of rotatable bonds is 8. The van der Waals surface area contributed by atoms with E-state index in [1.54, 1.807) is 25.2 Å². The van der Waals surface area contributed by atoms with E-state index in [1.807, 2.05) is 37.3 Å². The van der Waals surface area contributed by atoms with Gasteiger partial charge in [0.15, 0.2) is 5.96 Å². The van der Waals surface area contributed by atoms with Crippen molar-refractivity contribution >= 4 is 47.4 Å². The minimum absolute atomic E-state index is 0. The Labute approximate surface area is 209 Å². The van der Waals surface area contributed by atoms with Crippen molar-refractivity contribution in [3.63, 3.8) is 0 Å². The average molecular weight is 569 g/mol. The van der Waals surface area contributed by atoms with Crippen LogP contribution in [0.15, 0.2) is 58.0 Å². The molecule has 0 atom stereocenters.